The molecule has 0 bridgehead atoms. The van der Waals surface area contributed by atoms with Crippen LogP contribution in [0.5, 0.6) is 11.5 Å². The molecule has 0 aliphatic carbocycles. The molecule has 1 aliphatic rings. The highest BCUT2D eigenvalue weighted by molar-refractivity contribution is 9.10. The lowest BCUT2D eigenvalue weighted by molar-refractivity contribution is 0.0722. The summed E-state index contributed by atoms with van der Waals surface area (Å²) in [4.78, 5) is 31.0. The number of ether oxygens (including phenoxy) is 2. The quantitative estimate of drug-likeness (QED) is 0.336. The second-order valence-corrected chi connectivity index (χ2v) is 9.53. The first-order valence-electron chi connectivity index (χ1n) is 11.6. The van der Waals surface area contributed by atoms with E-state index in [1.165, 1.54) is 0 Å². The number of fused-ring (bicyclic) bond motifs is 2. The molecule has 0 saturated heterocycles. The molecule has 1 amide bonds. The number of amides is 1. The minimum atomic E-state index is -0.591. The van der Waals surface area contributed by atoms with Gasteiger partial charge in [-0.05, 0) is 69.9 Å². The van der Waals surface area contributed by atoms with Crippen molar-refractivity contribution in [1.29, 1.82) is 0 Å². The Morgan fingerprint density at radius 3 is 2.66 bits per heavy atom. The van der Waals surface area contributed by atoms with E-state index in [0.717, 1.165) is 23.0 Å². The maximum Gasteiger partial charge on any atom is 0.290 e. The Bertz CT molecular complexity index is 1320. The van der Waals surface area contributed by atoms with Crippen LogP contribution < -0.4 is 14.9 Å². The maximum atomic E-state index is 13.7. The third-order valence-corrected chi connectivity index (χ3v) is 6.37. The van der Waals surface area contributed by atoms with Gasteiger partial charge in [0.25, 0.3) is 5.91 Å². The van der Waals surface area contributed by atoms with Crippen LogP contribution >= 0.6 is 15.9 Å². The zero-order valence-electron chi connectivity index (χ0n) is 20.2. The summed E-state index contributed by atoms with van der Waals surface area (Å²) in [7, 11) is 3.98. The Balaban J connectivity index is 1.87. The smallest absolute Gasteiger partial charge is 0.290 e. The van der Waals surface area contributed by atoms with Crippen molar-refractivity contribution < 1.29 is 18.7 Å². The van der Waals surface area contributed by atoms with Crippen molar-refractivity contribution in [2.45, 2.75) is 19.4 Å². The lowest BCUT2D eigenvalue weighted by Gasteiger charge is -2.26. The first-order chi connectivity index (χ1) is 16.8. The number of carbonyl (C=O) groups excluding carboxylic acids is 1. The van der Waals surface area contributed by atoms with Gasteiger partial charge in [0.15, 0.2) is 16.9 Å². The molecule has 4 rings (SSSR count). The fourth-order valence-corrected chi connectivity index (χ4v) is 4.72. The van der Waals surface area contributed by atoms with Gasteiger partial charge < -0.3 is 23.7 Å². The molecule has 0 fully saturated rings. The summed E-state index contributed by atoms with van der Waals surface area (Å²) in [6.45, 7) is 7.66. The van der Waals surface area contributed by atoms with Crippen molar-refractivity contribution >= 4 is 32.8 Å². The Morgan fingerprint density at radius 2 is 1.94 bits per heavy atom. The molecule has 0 N–H and O–H groups in total. The summed E-state index contributed by atoms with van der Waals surface area (Å²) in [5.74, 6) is 0.947. The Hall–Kier alpha value is -3.10. The van der Waals surface area contributed by atoms with Crippen molar-refractivity contribution in [3.8, 4) is 11.5 Å². The van der Waals surface area contributed by atoms with Gasteiger partial charge in [0.2, 0.25) is 5.76 Å². The molecule has 1 atom stereocenters. The third-order valence-electron chi connectivity index (χ3n) is 5.87. The fourth-order valence-electron chi connectivity index (χ4n) is 4.36. The molecule has 0 saturated carbocycles. The average molecular weight is 541 g/mol. The van der Waals surface area contributed by atoms with E-state index in [1.54, 1.807) is 29.2 Å². The SMILES string of the molecule is C=CCOc1ccc(C2c3c(oc4ccc(Br)cc4c3=O)C(=O)N2CCCN(C)C)cc1OCC. The van der Waals surface area contributed by atoms with Crippen LogP contribution in [0.4, 0.5) is 0 Å². The first kappa shape index (κ1) is 25.0. The molecule has 8 heteroatoms. The summed E-state index contributed by atoms with van der Waals surface area (Å²) in [6, 6.07) is 10.2. The number of hydrogen-bond donors (Lipinski definition) is 0. The van der Waals surface area contributed by atoms with Crippen LogP contribution in [0, 0.1) is 0 Å². The molecule has 2 aromatic carbocycles. The molecule has 0 radical (unpaired) electrons. The number of carbonyl (C=O) groups is 1. The van der Waals surface area contributed by atoms with Crippen molar-refractivity contribution in [1.82, 2.24) is 9.80 Å². The van der Waals surface area contributed by atoms with Crippen molar-refractivity contribution in [2.75, 3.05) is 40.4 Å². The molecule has 184 valence electrons. The van der Waals surface area contributed by atoms with Gasteiger partial charge in [-0.15, -0.1) is 0 Å². The largest absolute Gasteiger partial charge is 0.490 e. The van der Waals surface area contributed by atoms with Crippen LogP contribution in [0.1, 0.15) is 41.1 Å². The average Bonchev–Trinajstić information content (AvgIpc) is 3.10. The second-order valence-electron chi connectivity index (χ2n) is 8.61. The fraction of sp³-hybridized carbons (Fsp3) is 0.333. The molecule has 3 aromatic rings. The second kappa shape index (κ2) is 10.7. The number of rotatable bonds is 10. The summed E-state index contributed by atoms with van der Waals surface area (Å²) >= 11 is 3.43. The highest BCUT2D eigenvalue weighted by Crippen LogP contribution is 2.41. The third kappa shape index (κ3) is 4.99. The number of benzene rings is 2. The molecule has 0 spiro atoms. The Labute approximate surface area is 213 Å². The summed E-state index contributed by atoms with van der Waals surface area (Å²) in [5.41, 5.74) is 1.30. The van der Waals surface area contributed by atoms with Gasteiger partial charge in [-0.2, -0.15) is 0 Å². The Morgan fingerprint density at radius 1 is 1.14 bits per heavy atom. The highest BCUT2D eigenvalue weighted by atomic mass is 79.9. The van der Waals surface area contributed by atoms with Gasteiger partial charge >= 0.3 is 0 Å². The predicted octanol–water partition coefficient (Wildman–Crippen LogP) is 5.02. The monoisotopic (exact) mass is 540 g/mol. The molecular formula is C27H29BrN2O5. The van der Waals surface area contributed by atoms with Gasteiger partial charge in [-0.25, -0.2) is 0 Å². The standard InChI is InChI=1S/C27H29BrN2O5/c1-5-14-34-21-10-8-17(15-22(21)33-6-2)24-23-25(31)19-16-18(28)9-11-20(19)35-26(23)27(32)30(24)13-7-12-29(3)4/h5,8-11,15-16,24H,1,6-7,12-14H2,2-4H3. The van der Waals surface area contributed by atoms with Crippen LogP contribution in [0.25, 0.3) is 11.0 Å². The van der Waals surface area contributed by atoms with E-state index in [9.17, 15) is 9.59 Å². The molecule has 35 heavy (non-hydrogen) atoms. The van der Waals surface area contributed by atoms with Crippen LogP contribution in [0.2, 0.25) is 0 Å². The van der Waals surface area contributed by atoms with Crippen LogP contribution in [0.3, 0.4) is 0 Å². The maximum absolute atomic E-state index is 13.7. The normalized spacial score (nSPS) is 15.1. The van der Waals surface area contributed by atoms with Crippen LogP contribution in [-0.2, 0) is 0 Å². The van der Waals surface area contributed by atoms with Crippen molar-refractivity contribution in [3.05, 3.63) is 80.6 Å². The zero-order chi connectivity index (χ0) is 25.1. The van der Waals surface area contributed by atoms with Gasteiger partial charge in [0.05, 0.1) is 23.6 Å². The molecule has 7 nitrogen and oxygen atoms in total. The minimum Gasteiger partial charge on any atom is -0.490 e. The van der Waals surface area contributed by atoms with E-state index in [4.69, 9.17) is 13.9 Å². The van der Waals surface area contributed by atoms with Gasteiger partial charge in [0.1, 0.15) is 12.2 Å². The van der Waals surface area contributed by atoms with Crippen molar-refractivity contribution in [3.63, 3.8) is 0 Å². The van der Waals surface area contributed by atoms with Gasteiger partial charge in [-0.3, -0.25) is 9.59 Å². The number of halogens is 1. The predicted molar refractivity (Wildman–Crippen MR) is 140 cm³/mol. The summed E-state index contributed by atoms with van der Waals surface area (Å²) in [5, 5.41) is 0.432. The number of hydrogen-bond acceptors (Lipinski definition) is 6. The molecule has 1 aromatic heterocycles. The van der Waals surface area contributed by atoms with E-state index in [0.29, 0.717) is 47.8 Å². The molecule has 1 aliphatic heterocycles. The lowest BCUT2D eigenvalue weighted by atomic mass is 9.98. The van der Waals surface area contributed by atoms with Crippen molar-refractivity contribution in [2.24, 2.45) is 0 Å². The van der Waals surface area contributed by atoms with E-state index in [1.807, 2.05) is 39.2 Å². The van der Waals surface area contributed by atoms with E-state index in [-0.39, 0.29) is 17.1 Å². The van der Waals surface area contributed by atoms with Gasteiger partial charge in [-0.1, -0.05) is 34.7 Å². The topological polar surface area (TPSA) is 72.2 Å². The van der Waals surface area contributed by atoms with E-state index in [2.05, 4.69) is 27.4 Å². The zero-order valence-corrected chi connectivity index (χ0v) is 21.8. The van der Waals surface area contributed by atoms with Crippen LogP contribution in [0.15, 0.2) is 62.7 Å². The van der Waals surface area contributed by atoms with E-state index >= 15 is 0 Å². The molecule has 1 unspecified atom stereocenters. The molecular weight excluding hydrogens is 512 g/mol. The van der Waals surface area contributed by atoms with Crippen LogP contribution in [-0.4, -0.2) is 56.1 Å². The van der Waals surface area contributed by atoms with E-state index < -0.39 is 6.04 Å². The molecule has 2 heterocycles. The van der Waals surface area contributed by atoms with Gasteiger partial charge in [0, 0.05) is 11.0 Å². The summed E-state index contributed by atoms with van der Waals surface area (Å²) < 4.78 is 18.4. The first-order valence-corrected chi connectivity index (χ1v) is 12.4. The Kier molecular flexibility index (Phi) is 7.62. The summed E-state index contributed by atoms with van der Waals surface area (Å²) in [6.07, 6.45) is 2.41. The highest BCUT2D eigenvalue weighted by Gasteiger charge is 2.42. The minimum absolute atomic E-state index is 0.101. The lowest BCUT2D eigenvalue weighted by Crippen LogP contribution is -2.32. The number of nitrogens with zero attached hydrogens (tertiary/aromatic N) is 2.